The molecule has 0 radical (unpaired) electrons. The van der Waals surface area contributed by atoms with Crippen LogP contribution in [0.4, 0.5) is 23.0 Å². The smallest absolute Gasteiger partial charge is 0.258 e. The van der Waals surface area contributed by atoms with E-state index in [0.29, 0.717) is 29.0 Å². The minimum atomic E-state index is -2.80. The van der Waals surface area contributed by atoms with Crippen molar-refractivity contribution in [3.05, 3.63) is 42.0 Å². The molecule has 1 aromatic heterocycles. The van der Waals surface area contributed by atoms with Crippen molar-refractivity contribution in [2.75, 3.05) is 45.6 Å². The van der Waals surface area contributed by atoms with Gasteiger partial charge >= 0.3 is 0 Å². The van der Waals surface area contributed by atoms with E-state index in [1.165, 1.54) is 17.1 Å². The summed E-state index contributed by atoms with van der Waals surface area (Å²) in [7, 11) is -2.80. The number of aromatic nitrogens is 1. The standard InChI is InChI=1S/C29H36N6O3S/c1-28(9-10-28)35(39(37)38)22-7-8-23(24(18-22)33-16-13-29(11-12-29)14-17-33)27(36)32-25-5-2-6-26(31-25)34-15-3-4-21(19-30)20-34/h2,5-8,18,21,39H,3-4,9-17,20H2,1H3,(H,31,32,36). The number of piperidine rings is 2. The van der Waals surface area contributed by atoms with Gasteiger partial charge in [-0.1, -0.05) is 6.07 Å². The minimum absolute atomic E-state index is 0.0130. The van der Waals surface area contributed by atoms with Crippen LogP contribution in [-0.4, -0.2) is 51.0 Å². The molecule has 4 fully saturated rings. The van der Waals surface area contributed by atoms with Crippen LogP contribution in [0.25, 0.3) is 0 Å². The van der Waals surface area contributed by atoms with Gasteiger partial charge < -0.3 is 15.1 Å². The summed E-state index contributed by atoms with van der Waals surface area (Å²) in [6, 6.07) is 13.3. The van der Waals surface area contributed by atoms with Crippen molar-refractivity contribution in [1.82, 2.24) is 4.98 Å². The van der Waals surface area contributed by atoms with Gasteiger partial charge in [0.05, 0.1) is 34.5 Å². The third kappa shape index (κ3) is 5.29. The van der Waals surface area contributed by atoms with Crippen molar-refractivity contribution in [2.24, 2.45) is 11.3 Å². The molecule has 1 N–H and O–H groups in total. The van der Waals surface area contributed by atoms with Gasteiger partial charge in [0.15, 0.2) is 0 Å². The maximum atomic E-state index is 13.7. The fraction of sp³-hybridized carbons (Fsp3) is 0.552. The molecule has 10 heteroatoms. The lowest BCUT2D eigenvalue weighted by atomic mass is 9.93. The second kappa shape index (κ2) is 10.0. The Morgan fingerprint density at radius 1 is 1.08 bits per heavy atom. The molecule has 39 heavy (non-hydrogen) atoms. The zero-order chi connectivity index (χ0) is 27.2. The highest BCUT2D eigenvalue weighted by Gasteiger charge is 2.46. The lowest BCUT2D eigenvalue weighted by Crippen LogP contribution is -2.37. The van der Waals surface area contributed by atoms with Crippen molar-refractivity contribution < 1.29 is 13.2 Å². The van der Waals surface area contributed by atoms with Gasteiger partial charge in [0.25, 0.3) is 5.91 Å². The maximum absolute atomic E-state index is 13.7. The van der Waals surface area contributed by atoms with Gasteiger partial charge in [-0.05, 0) is 94.0 Å². The van der Waals surface area contributed by atoms with Crippen LogP contribution in [0.15, 0.2) is 36.4 Å². The summed E-state index contributed by atoms with van der Waals surface area (Å²) < 4.78 is 26.0. The molecule has 2 saturated carbocycles. The molecule has 2 saturated heterocycles. The Bertz CT molecular complexity index is 1380. The van der Waals surface area contributed by atoms with Crippen molar-refractivity contribution in [3.8, 4) is 6.07 Å². The summed E-state index contributed by atoms with van der Waals surface area (Å²) in [6.07, 6.45) is 8.25. The summed E-state index contributed by atoms with van der Waals surface area (Å²) in [5, 5.41) is 12.3. The molecule has 206 valence electrons. The molecule has 1 amide bonds. The molecule has 1 atom stereocenters. The van der Waals surface area contributed by atoms with Crippen molar-refractivity contribution in [3.63, 3.8) is 0 Å². The number of anilines is 4. The molecule has 1 spiro atoms. The van der Waals surface area contributed by atoms with Crippen LogP contribution in [0.1, 0.15) is 68.6 Å². The molecular formula is C29H36N6O3S. The number of benzene rings is 1. The van der Waals surface area contributed by atoms with Crippen molar-refractivity contribution >= 4 is 39.8 Å². The summed E-state index contributed by atoms with van der Waals surface area (Å²) >= 11 is 0. The van der Waals surface area contributed by atoms with E-state index in [1.807, 2.05) is 25.1 Å². The highest BCUT2D eigenvalue weighted by Crippen LogP contribution is 2.54. The number of hydrogen-bond donors (Lipinski definition) is 2. The highest BCUT2D eigenvalue weighted by atomic mass is 32.2. The molecule has 6 rings (SSSR count). The van der Waals surface area contributed by atoms with Gasteiger partial charge in [0.2, 0.25) is 10.9 Å². The Labute approximate surface area is 231 Å². The van der Waals surface area contributed by atoms with Crippen molar-refractivity contribution in [1.29, 1.82) is 5.26 Å². The SMILES string of the molecule is CC1(N(c2ccc(C(=O)Nc3cccc(N4CCCC(C#N)C4)n3)c(N3CCC4(CC3)CC4)c2)[SH](=O)=O)CC1. The predicted molar refractivity (Wildman–Crippen MR) is 153 cm³/mol. The Kier molecular flexibility index (Phi) is 6.66. The Morgan fingerprint density at radius 2 is 1.85 bits per heavy atom. The van der Waals surface area contributed by atoms with Gasteiger partial charge in [-0.25, -0.2) is 13.4 Å². The third-order valence-electron chi connectivity index (χ3n) is 9.14. The summed E-state index contributed by atoms with van der Waals surface area (Å²) in [5.41, 5.74) is 1.99. The number of hydrogen-bond acceptors (Lipinski definition) is 7. The molecule has 3 heterocycles. The monoisotopic (exact) mass is 548 g/mol. The average molecular weight is 549 g/mol. The number of rotatable bonds is 7. The topological polar surface area (TPSA) is 110 Å². The van der Waals surface area contributed by atoms with Crippen LogP contribution in [0.3, 0.4) is 0 Å². The average Bonchev–Trinajstić information content (AvgIpc) is 3.88. The molecule has 1 unspecified atom stereocenters. The van der Waals surface area contributed by atoms with Crippen LogP contribution < -0.4 is 19.4 Å². The molecule has 9 nitrogen and oxygen atoms in total. The summed E-state index contributed by atoms with van der Waals surface area (Å²) in [4.78, 5) is 22.7. The van der Waals surface area contributed by atoms with Crippen molar-refractivity contribution in [2.45, 2.75) is 63.8 Å². The number of nitrogens with one attached hydrogen (secondary N) is 1. The molecule has 4 aliphatic rings. The number of amides is 1. The molecular weight excluding hydrogens is 512 g/mol. The van der Waals surface area contributed by atoms with Crippen LogP contribution in [0.5, 0.6) is 0 Å². The number of carbonyl (C=O) groups is 1. The van der Waals surface area contributed by atoms with E-state index in [9.17, 15) is 18.5 Å². The first-order valence-electron chi connectivity index (χ1n) is 14.1. The number of nitriles is 1. The molecule has 2 aliphatic heterocycles. The zero-order valence-electron chi connectivity index (χ0n) is 22.4. The van der Waals surface area contributed by atoms with Gasteiger partial charge in [-0.15, -0.1) is 0 Å². The van der Waals surface area contributed by atoms with Gasteiger partial charge in [0, 0.05) is 26.2 Å². The highest BCUT2D eigenvalue weighted by molar-refractivity contribution is 7.74. The Hall–Kier alpha value is -3.32. The van der Waals surface area contributed by atoms with E-state index in [2.05, 4.69) is 21.2 Å². The van der Waals surface area contributed by atoms with Gasteiger partial charge in [-0.3, -0.25) is 9.10 Å². The van der Waals surface area contributed by atoms with E-state index in [4.69, 9.17) is 4.98 Å². The van der Waals surface area contributed by atoms with Crippen LogP contribution in [-0.2, 0) is 10.9 Å². The molecule has 1 aromatic carbocycles. The van der Waals surface area contributed by atoms with E-state index < -0.39 is 10.9 Å². The Balaban J connectivity index is 1.27. The van der Waals surface area contributed by atoms with E-state index >= 15 is 0 Å². The van der Waals surface area contributed by atoms with E-state index in [0.717, 1.165) is 69.7 Å². The summed E-state index contributed by atoms with van der Waals surface area (Å²) in [6.45, 7) is 5.15. The second-order valence-electron chi connectivity index (χ2n) is 12.0. The van der Waals surface area contributed by atoms with E-state index in [-0.39, 0.29) is 17.4 Å². The minimum Gasteiger partial charge on any atom is -0.371 e. The van der Waals surface area contributed by atoms with Gasteiger partial charge in [0.1, 0.15) is 11.6 Å². The van der Waals surface area contributed by atoms with Crippen LogP contribution >= 0.6 is 0 Å². The summed E-state index contributed by atoms with van der Waals surface area (Å²) in [5.74, 6) is 0.927. The lowest BCUT2D eigenvalue weighted by Gasteiger charge is -2.36. The first-order chi connectivity index (χ1) is 18.8. The lowest BCUT2D eigenvalue weighted by molar-refractivity contribution is 0.102. The largest absolute Gasteiger partial charge is 0.371 e. The maximum Gasteiger partial charge on any atom is 0.258 e. The van der Waals surface area contributed by atoms with E-state index in [1.54, 1.807) is 18.2 Å². The first-order valence-corrected chi connectivity index (χ1v) is 15.2. The second-order valence-corrected chi connectivity index (χ2v) is 12.9. The third-order valence-corrected chi connectivity index (χ3v) is 10.2. The molecule has 2 aliphatic carbocycles. The Morgan fingerprint density at radius 3 is 2.51 bits per heavy atom. The molecule has 2 aromatic rings. The number of pyridine rings is 1. The van der Waals surface area contributed by atoms with Gasteiger partial charge in [-0.2, -0.15) is 5.26 Å². The fourth-order valence-corrected chi connectivity index (χ4v) is 7.05. The molecule has 0 bridgehead atoms. The van der Waals surface area contributed by atoms with Crippen LogP contribution in [0, 0.1) is 22.7 Å². The number of thiol groups is 1. The predicted octanol–water partition coefficient (Wildman–Crippen LogP) is 4.34. The first kappa shape index (κ1) is 25.9. The normalized spacial score (nSPS) is 22.8. The number of nitrogens with zero attached hydrogens (tertiary/aromatic N) is 5. The fourth-order valence-electron chi connectivity index (χ4n) is 6.14. The quantitative estimate of drug-likeness (QED) is 0.496. The zero-order valence-corrected chi connectivity index (χ0v) is 23.3. The number of carbonyl (C=O) groups excluding carboxylic acids is 1. The van der Waals surface area contributed by atoms with Crippen LogP contribution in [0.2, 0.25) is 0 Å².